The summed E-state index contributed by atoms with van der Waals surface area (Å²) < 4.78 is 0.723. The van der Waals surface area contributed by atoms with Gasteiger partial charge in [0.1, 0.15) is 5.52 Å². The molecule has 1 aromatic carbocycles. The van der Waals surface area contributed by atoms with E-state index in [4.69, 9.17) is 0 Å². The Bertz CT molecular complexity index is 894. The van der Waals surface area contributed by atoms with Crippen LogP contribution in [0.15, 0.2) is 21.7 Å². The third-order valence-corrected chi connectivity index (χ3v) is 3.11. The highest BCUT2D eigenvalue weighted by molar-refractivity contribution is 5.80. The summed E-state index contributed by atoms with van der Waals surface area (Å²) in [5.74, 6) is -0.149. The fraction of sp³-hybridized carbons (Fsp3) is 0.167. The maximum atomic E-state index is 11.7. The van der Waals surface area contributed by atoms with Gasteiger partial charge in [0.25, 0.3) is 5.56 Å². The number of aromatic amines is 1. The van der Waals surface area contributed by atoms with Crippen molar-refractivity contribution in [3.8, 4) is 11.5 Å². The van der Waals surface area contributed by atoms with Crippen molar-refractivity contribution in [2.45, 2.75) is 13.8 Å². The van der Waals surface area contributed by atoms with Crippen LogP contribution in [-0.2, 0) is 0 Å². The largest absolute Gasteiger partial charge is 0.426 e. The first kappa shape index (κ1) is 11.4. The highest BCUT2D eigenvalue weighted by Crippen LogP contribution is 2.21. The van der Waals surface area contributed by atoms with Crippen molar-refractivity contribution in [1.82, 2.24) is 19.7 Å². The van der Waals surface area contributed by atoms with Crippen LogP contribution in [-0.4, -0.2) is 24.9 Å². The van der Waals surface area contributed by atoms with Crippen LogP contribution in [0.2, 0.25) is 0 Å². The number of hydrogen-bond acceptors (Lipinski definition) is 5. The number of benzene rings is 1. The van der Waals surface area contributed by atoms with Crippen LogP contribution in [0.5, 0.6) is 0 Å². The van der Waals surface area contributed by atoms with Crippen LogP contribution in [0.4, 0.5) is 0 Å². The Hall–Kier alpha value is -2.70. The van der Waals surface area contributed by atoms with Crippen molar-refractivity contribution in [1.29, 1.82) is 0 Å². The van der Waals surface area contributed by atoms with E-state index in [9.17, 15) is 14.8 Å². The van der Waals surface area contributed by atoms with Crippen LogP contribution < -0.4 is 11.2 Å². The number of rotatable bonds is 0. The molecule has 2 N–H and O–H groups in total. The van der Waals surface area contributed by atoms with E-state index in [1.165, 1.54) is 0 Å². The molecule has 2 heterocycles. The van der Waals surface area contributed by atoms with Gasteiger partial charge in [-0.25, -0.2) is 9.78 Å². The Kier molecular flexibility index (Phi) is 2.19. The molecule has 1 aromatic rings. The summed E-state index contributed by atoms with van der Waals surface area (Å²) in [5, 5.41) is 10.1. The molecular weight excluding hydrogens is 248 g/mol. The van der Waals surface area contributed by atoms with Gasteiger partial charge in [-0.3, -0.25) is 9.78 Å². The molecule has 0 atom stereocenters. The van der Waals surface area contributed by atoms with Crippen LogP contribution in [0.1, 0.15) is 11.1 Å². The molecule has 0 unspecified atom stereocenters. The van der Waals surface area contributed by atoms with Crippen LogP contribution in [0, 0.1) is 13.8 Å². The summed E-state index contributed by atoms with van der Waals surface area (Å²) >= 11 is 0. The lowest BCUT2D eigenvalue weighted by Gasteiger charge is -2.11. The van der Waals surface area contributed by atoms with Crippen molar-refractivity contribution in [3.63, 3.8) is 0 Å². The summed E-state index contributed by atoms with van der Waals surface area (Å²) in [6.45, 7) is 3.80. The van der Waals surface area contributed by atoms with Gasteiger partial charge in [0.15, 0.2) is 5.69 Å². The van der Waals surface area contributed by atoms with Gasteiger partial charge in [0, 0.05) is 0 Å². The molecule has 2 aliphatic heterocycles. The topological polar surface area (TPSA) is 101 Å². The second kappa shape index (κ2) is 3.64. The van der Waals surface area contributed by atoms with Gasteiger partial charge in [-0.05, 0) is 37.1 Å². The monoisotopic (exact) mass is 258 g/mol. The molecule has 19 heavy (non-hydrogen) atoms. The van der Waals surface area contributed by atoms with Gasteiger partial charge < -0.3 is 5.21 Å². The predicted octanol–water partition coefficient (Wildman–Crippen LogP) is 0.439. The highest BCUT2D eigenvalue weighted by Gasteiger charge is 2.18. The second-order valence-corrected chi connectivity index (χ2v) is 4.39. The standard InChI is InChI=1S/C12H10N4O3/c1-5-3-7-8(4-6(5)2)16(19)10-9(13-7)11(17)15-12(18)14-10/h3-4,19H,1-2H3,(H,15,17,18). The zero-order valence-electron chi connectivity index (χ0n) is 10.3. The minimum absolute atomic E-state index is 0.0714. The Labute approximate surface area is 106 Å². The third kappa shape index (κ3) is 1.59. The van der Waals surface area contributed by atoms with E-state index in [0.717, 1.165) is 15.9 Å². The van der Waals surface area contributed by atoms with Crippen LogP contribution in [0.25, 0.3) is 22.6 Å². The number of aromatic nitrogens is 4. The molecule has 0 amide bonds. The third-order valence-electron chi connectivity index (χ3n) is 3.11. The zero-order valence-corrected chi connectivity index (χ0v) is 10.3. The molecule has 0 fully saturated rings. The van der Waals surface area contributed by atoms with Crippen LogP contribution in [0.3, 0.4) is 0 Å². The molecule has 0 aromatic heterocycles. The van der Waals surface area contributed by atoms with E-state index in [-0.39, 0.29) is 11.5 Å². The lowest BCUT2D eigenvalue weighted by Crippen LogP contribution is -2.28. The number of hydrogen-bond donors (Lipinski definition) is 2. The molecule has 0 spiro atoms. The molecule has 3 rings (SSSR count). The highest BCUT2D eigenvalue weighted by atomic mass is 16.5. The molecule has 0 radical (unpaired) electrons. The number of nitrogens with zero attached hydrogens (tertiary/aromatic N) is 3. The molecule has 7 heteroatoms. The first-order chi connectivity index (χ1) is 8.97. The fourth-order valence-corrected chi connectivity index (χ4v) is 1.96. The number of fused-ring (bicyclic) bond motifs is 2. The van der Waals surface area contributed by atoms with Crippen molar-refractivity contribution < 1.29 is 5.21 Å². The van der Waals surface area contributed by atoms with Gasteiger partial charge in [-0.1, -0.05) is 0 Å². The van der Waals surface area contributed by atoms with Crippen molar-refractivity contribution >= 4 is 11.0 Å². The SMILES string of the molecule is Cc1cc2nc3c(=O)[nH]c(=O)nc-3n(O)c2cc1C. The fourth-order valence-electron chi connectivity index (χ4n) is 1.96. The minimum Gasteiger partial charge on any atom is -0.426 e. The Morgan fingerprint density at radius 3 is 2.58 bits per heavy atom. The van der Waals surface area contributed by atoms with Gasteiger partial charge in [0.05, 0.1) is 5.52 Å². The van der Waals surface area contributed by atoms with E-state index in [0.29, 0.717) is 11.0 Å². The van der Waals surface area contributed by atoms with Crippen molar-refractivity contribution in [2.75, 3.05) is 0 Å². The van der Waals surface area contributed by atoms with Crippen LogP contribution >= 0.6 is 0 Å². The van der Waals surface area contributed by atoms with E-state index in [2.05, 4.69) is 9.97 Å². The Morgan fingerprint density at radius 1 is 1.16 bits per heavy atom. The zero-order chi connectivity index (χ0) is 13.7. The molecule has 0 saturated heterocycles. The lowest BCUT2D eigenvalue weighted by atomic mass is 10.1. The summed E-state index contributed by atoms with van der Waals surface area (Å²) in [7, 11) is 0. The average molecular weight is 258 g/mol. The van der Waals surface area contributed by atoms with Crippen molar-refractivity contribution in [2.24, 2.45) is 0 Å². The van der Waals surface area contributed by atoms with E-state index < -0.39 is 11.2 Å². The first-order valence-electron chi connectivity index (χ1n) is 5.60. The molecule has 7 nitrogen and oxygen atoms in total. The summed E-state index contributed by atoms with van der Waals surface area (Å²) in [6.07, 6.45) is 0. The van der Waals surface area contributed by atoms with E-state index >= 15 is 0 Å². The average Bonchev–Trinajstić information content (AvgIpc) is 2.34. The number of H-pyrrole nitrogens is 1. The molecule has 0 aliphatic carbocycles. The lowest BCUT2D eigenvalue weighted by molar-refractivity contribution is 0.199. The van der Waals surface area contributed by atoms with E-state index in [1.807, 2.05) is 18.8 Å². The second-order valence-electron chi connectivity index (χ2n) is 4.39. The normalized spacial score (nSPS) is 11.3. The quantitative estimate of drug-likeness (QED) is 0.450. The van der Waals surface area contributed by atoms with Crippen molar-refractivity contribution in [3.05, 3.63) is 44.1 Å². The number of aryl methyl sites for hydroxylation is 2. The first-order valence-corrected chi connectivity index (χ1v) is 5.60. The molecule has 0 bridgehead atoms. The predicted molar refractivity (Wildman–Crippen MR) is 67.7 cm³/mol. The Balaban J connectivity index is 2.60. The summed E-state index contributed by atoms with van der Waals surface area (Å²) in [5.41, 5.74) is 1.26. The van der Waals surface area contributed by atoms with Gasteiger partial charge >= 0.3 is 5.69 Å². The molecule has 96 valence electrons. The Morgan fingerprint density at radius 2 is 1.84 bits per heavy atom. The van der Waals surface area contributed by atoms with Gasteiger partial charge in [-0.2, -0.15) is 9.71 Å². The minimum atomic E-state index is -0.815. The smallest absolute Gasteiger partial charge is 0.350 e. The molecule has 2 aliphatic rings. The summed E-state index contributed by atoms with van der Waals surface area (Å²) in [6, 6.07) is 3.49. The van der Waals surface area contributed by atoms with Gasteiger partial charge in [0.2, 0.25) is 5.82 Å². The van der Waals surface area contributed by atoms with Gasteiger partial charge in [-0.15, -0.1) is 0 Å². The number of nitrogens with one attached hydrogen (secondary N) is 1. The summed E-state index contributed by atoms with van der Waals surface area (Å²) in [4.78, 5) is 32.6. The maximum Gasteiger partial charge on any atom is 0.350 e. The molecular formula is C12H10N4O3. The molecule has 0 saturated carbocycles. The van der Waals surface area contributed by atoms with E-state index in [1.54, 1.807) is 12.1 Å². The maximum absolute atomic E-state index is 11.7.